The number of phenols is 1. The molecule has 0 bridgehead atoms. The van der Waals surface area contributed by atoms with Crippen LogP contribution in [0.2, 0.25) is 0 Å². The molecule has 1 radical (unpaired) electrons. The van der Waals surface area contributed by atoms with E-state index < -0.39 is 12.6 Å². The van der Waals surface area contributed by atoms with Crippen LogP contribution in [0.5, 0.6) is 5.75 Å². The van der Waals surface area contributed by atoms with Crippen molar-refractivity contribution in [2.24, 2.45) is 0 Å². The van der Waals surface area contributed by atoms with Crippen LogP contribution in [0.3, 0.4) is 0 Å². The maximum Gasteiger partial charge on any atom is 0.389 e. The van der Waals surface area contributed by atoms with E-state index in [4.69, 9.17) is 14.5 Å². The topological polar surface area (TPSA) is 63.3 Å². The summed E-state index contributed by atoms with van der Waals surface area (Å²) in [5, 5.41) is 13.0. The third-order valence-electron chi connectivity index (χ3n) is 8.27. The Labute approximate surface area is 272 Å². The molecule has 233 valence electrons. The third-order valence-corrected chi connectivity index (χ3v) is 8.27. The Balaban J connectivity index is 0.000000313. The molecule has 2 aromatic heterocycles. The van der Waals surface area contributed by atoms with Crippen molar-refractivity contribution in [3.8, 4) is 17.0 Å². The van der Waals surface area contributed by atoms with Crippen LogP contribution in [0, 0.1) is 6.07 Å². The maximum absolute atomic E-state index is 12.7. The smallest absolute Gasteiger partial charge is 0.389 e. The Morgan fingerprint density at radius 2 is 1.69 bits per heavy atom. The Bertz CT molecular complexity index is 1980. The Morgan fingerprint density at radius 3 is 2.40 bits per heavy atom. The minimum absolute atomic E-state index is 0. The number of aryl methyl sites for hydroxylation is 1. The number of ketones is 1. The summed E-state index contributed by atoms with van der Waals surface area (Å²) in [6, 6.07) is 27.7. The standard InChI is InChI=1S/C29H23F3NO.C8H8O2.Ir/c30-29(31,32)13-11-18-9-10-22-20(15-18)12-14-33-27(22)25-17-21(19-5-1-2-6-19)16-24-23-7-3-4-8-26(23)34-28(24)25;1-6(9)7-4-2-3-5-8(7)10;/h3-4,7-10,12,14-16,19H,1-2,5-6,11,13H2;2-5,10H,1H3;/q-1;;. The van der Waals surface area contributed by atoms with Gasteiger partial charge in [-0.25, -0.2) is 0 Å². The number of para-hydroxylation sites is 2. The number of rotatable bonds is 5. The summed E-state index contributed by atoms with van der Waals surface area (Å²) in [5.74, 6) is 0.411. The summed E-state index contributed by atoms with van der Waals surface area (Å²) in [6.07, 6.45) is 1.46. The summed E-state index contributed by atoms with van der Waals surface area (Å²) < 4.78 is 44.5. The quantitative estimate of drug-likeness (QED) is 0.140. The molecular weight excluding hydrogens is 756 g/mol. The number of hydrogen-bond acceptors (Lipinski definition) is 4. The molecule has 2 heterocycles. The van der Waals surface area contributed by atoms with Gasteiger partial charge in [0, 0.05) is 38.1 Å². The zero-order chi connectivity index (χ0) is 30.8. The second kappa shape index (κ2) is 13.6. The normalized spacial score (nSPS) is 13.5. The van der Waals surface area contributed by atoms with Crippen molar-refractivity contribution in [2.75, 3.05) is 0 Å². The predicted molar refractivity (Wildman–Crippen MR) is 167 cm³/mol. The first-order chi connectivity index (χ1) is 21.2. The van der Waals surface area contributed by atoms with Gasteiger partial charge in [-0.15, -0.1) is 17.7 Å². The molecule has 8 heteroatoms. The average Bonchev–Trinajstić information content (AvgIpc) is 3.68. The van der Waals surface area contributed by atoms with E-state index in [1.54, 1.807) is 30.5 Å². The molecule has 1 fully saturated rings. The number of furan rings is 1. The van der Waals surface area contributed by atoms with E-state index in [-0.39, 0.29) is 38.1 Å². The van der Waals surface area contributed by atoms with Crippen molar-refractivity contribution >= 4 is 38.5 Å². The minimum atomic E-state index is -4.17. The number of aromatic hydroxyl groups is 1. The van der Waals surface area contributed by atoms with Crippen molar-refractivity contribution in [3.05, 3.63) is 108 Å². The molecule has 4 aromatic carbocycles. The van der Waals surface area contributed by atoms with Gasteiger partial charge in [-0.1, -0.05) is 72.3 Å². The third kappa shape index (κ3) is 7.13. The zero-order valence-electron chi connectivity index (χ0n) is 24.6. The first-order valence-corrected chi connectivity index (χ1v) is 14.8. The van der Waals surface area contributed by atoms with Gasteiger partial charge in [-0.3, -0.25) is 4.79 Å². The predicted octanol–water partition coefficient (Wildman–Crippen LogP) is 10.3. The number of fused-ring (bicyclic) bond motifs is 4. The number of hydrogen-bond donors (Lipinski definition) is 1. The molecule has 6 aromatic rings. The van der Waals surface area contributed by atoms with Crippen molar-refractivity contribution in [1.82, 2.24) is 4.98 Å². The molecule has 0 atom stereocenters. The Kier molecular flexibility index (Phi) is 9.76. The van der Waals surface area contributed by atoms with Crippen LogP contribution in [0.25, 0.3) is 44.0 Å². The van der Waals surface area contributed by atoms with E-state index in [1.165, 1.54) is 31.4 Å². The Hall–Kier alpha value is -4.00. The number of carbonyl (C=O) groups is 1. The first-order valence-electron chi connectivity index (χ1n) is 14.8. The second-order valence-corrected chi connectivity index (χ2v) is 11.3. The van der Waals surface area contributed by atoms with Crippen molar-refractivity contribution in [1.29, 1.82) is 0 Å². The zero-order valence-corrected chi connectivity index (χ0v) is 27.0. The van der Waals surface area contributed by atoms with Gasteiger partial charge in [-0.05, 0) is 78.4 Å². The average molecular weight is 787 g/mol. The van der Waals surface area contributed by atoms with Gasteiger partial charge in [0.25, 0.3) is 0 Å². The van der Waals surface area contributed by atoms with Crippen LogP contribution in [0.4, 0.5) is 13.2 Å². The number of nitrogens with zero attached hydrogens (tertiary/aromatic N) is 1. The fourth-order valence-corrected chi connectivity index (χ4v) is 6.05. The van der Waals surface area contributed by atoms with Crippen LogP contribution in [0.15, 0.2) is 89.5 Å². The molecule has 0 spiro atoms. The summed E-state index contributed by atoms with van der Waals surface area (Å²) in [7, 11) is 0. The second-order valence-electron chi connectivity index (χ2n) is 11.3. The molecule has 1 N–H and O–H groups in total. The minimum Gasteiger partial charge on any atom is -0.507 e. The number of Topliss-reactive ketones (excluding diaryl/α,β-unsaturated/α-hetero) is 1. The molecule has 4 nitrogen and oxygen atoms in total. The summed E-state index contributed by atoms with van der Waals surface area (Å²) in [5.41, 5.74) is 5.39. The number of phenolic OH excluding ortho intramolecular Hbond substituents is 1. The van der Waals surface area contributed by atoms with Gasteiger partial charge in [0.15, 0.2) is 5.78 Å². The number of alkyl halides is 3. The van der Waals surface area contributed by atoms with Crippen LogP contribution >= 0.6 is 0 Å². The summed E-state index contributed by atoms with van der Waals surface area (Å²) in [4.78, 5) is 15.4. The number of halogens is 3. The summed E-state index contributed by atoms with van der Waals surface area (Å²) >= 11 is 0. The fraction of sp³-hybridized carbons (Fsp3) is 0.243. The van der Waals surface area contributed by atoms with Crippen molar-refractivity contribution in [2.45, 2.75) is 57.5 Å². The van der Waals surface area contributed by atoms with Gasteiger partial charge >= 0.3 is 6.18 Å². The molecule has 7 rings (SSSR count). The van der Waals surface area contributed by atoms with E-state index in [9.17, 15) is 18.0 Å². The van der Waals surface area contributed by atoms with E-state index in [0.29, 0.717) is 17.0 Å². The molecule has 0 amide bonds. The van der Waals surface area contributed by atoms with E-state index in [1.807, 2.05) is 36.4 Å². The van der Waals surface area contributed by atoms with Gasteiger partial charge in [0.1, 0.15) is 11.3 Å². The van der Waals surface area contributed by atoms with Crippen LogP contribution < -0.4 is 0 Å². The SMILES string of the molecule is CC(=O)c1ccccc1O.FC(F)(F)CCc1ccc2c(-c3[c-]c(C4CCCC4)cc4c3oc3ccccc34)nccc2c1.[Ir]. The van der Waals surface area contributed by atoms with Gasteiger partial charge in [0.2, 0.25) is 0 Å². The molecule has 1 saturated carbocycles. The van der Waals surface area contributed by atoms with Crippen molar-refractivity contribution in [3.63, 3.8) is 0 Å². The number of benzene rings is 4. The monoisotopic (exact) mass is 787 g/mol. The number of aromatic nitrogens is 1. The molecule has 45 heavy (non-hydrogen) atoms. The fourth-order valence-electron chi connectivity index (χ4n) is 6.05. The molecule has 1 aliphatic carbocycles. The maximum atomic E-state index is 12.7. The van der Waals surface area contributed by atoms with E-state index in [2.05, 4.69) is 18.2 Å². The molecule has 1 aliphatic rings. The molecule has 0 unspecified atom stereocenters. The van der Waals surface area contributed by atoms with Gasteiger partial charge < -0.3 is 14.5 Å². The van der Waals surface area contributed by atoms with E-state index >= 15 is 0 Å². The largest absolute Gasteiger partial charge is 0.507 e. The van der Waals surface area contributed by atoms with Gasteiger partial charge in [0.05, 0.1) is 11.1 Å². The van der Waals surface area contributed by atoms with E-state index in [0.717, 1.165) is 56.8 Å². The molecular formula is C37H31F3IrNO3-. The number of pyridine rings is 1. The van der Waals surface area contributed by atoms with Crippen LogP contribution in [-0.2, 0) is 26.5 Å². The van der Waals surface area contributed by atoms with Crippen LogP contribution in [0.1, 0.15) is 66.4 Å². The van der Waals surface area contributed by atoms with Crippen LogP contribution in [-0.4, -0.2) is 22.1 Å². The Morgan fingerprint density at radius 1 is 0.956 bits per heavy atom. The van der Waals surface area contributed by atoms with Gasteiger partial charge in [-0.2, -0.15) is 13.2 Å². The first kappa shape index (κ1) is 32.4. The molecule has 0 aliphatic heterocycles. The number of carbonyl (C=O) groups excluding carboxylic acids is 1. The van der Waals surface area contributed by atoms with Crippen molar-refractivity contribution < 1.29 is 47.6 Å². The molecule has 0 saturated heterocycles. The summed E-state index contributed by atoms with van der Waals surface area (Å²) in [6.45, 7) is 1.43.